The zero-order valence-corrected chi connectivity index (χ0v) is 8.90. The molecule has 2 aromatic rings. The van der Waals surface area contributed by atoms with Crippen LogP contribution in [0.3, 0.4) is 0 Å². The van der Waals surface area contributed by atoms with Gasteiger partial charge in [0.1, 0.15) is 11.6 Å². The lowest BCUT2D eigenvalue weighted by molar-refractivity contribution is 0.425. The van der Waals surface area contributed by atoms with Gasteiger partial charge in [0.25, 0.3) is 0 Å². The summed E-state index contributed by atoms with van der Waals surface area (Å²) in [4.78, 5) is 4.01. The summed E-state index contributed by atoms with van der Waals surface area (Å²) < 4.78 is 7.19. The zero-order chi connectivity index (χ0) is 10.8. The smallest absolute Gasteiger partial charge is 0.303 e. The number of nitrogens with two attached hydrogens (primary N) is 1. The highest BCUT2D eigenvalue weighted by Crippen LogP contribution is 2.28. The normalized spacial score (nSPS) is 10.3. The first-order valence-corrected chi connectivity index (χ1v) is 4.76. The van der Waals surface area contributed by atoms with Crippen LogP contribution in [0.5, 0.6) is 11.8 Å². The average molecular weight is 224 g/mol. The van der Waals surface area contributed by atoms with Gasteiger partial charge in [0.05, 0.1) is 11.2 Å². The van der Waals surface area contributed by atoms with Gasteiger partial charge in [-0.3, -0.25) is 0 Å². The molecule has 2 rings (SSSR count). The lowest BCUT2D eigenvalue weighted by atomic mass is 10.3. The van der Waals surface area contributed by atoms with Gasteiger partial charge in [0.15, 0.2) is 0 Å². The molecule has 0 bridgehead atoms. The maximum absolute atomic E-state index is 5.94. The van der Waals surface area contributed by atoms with Gasteiger partial charge in [-0.25, -0.2) is 0 Å². The third kappa shape index (κ3) is 2.05. The number of nitrogens with zero attached hydrogens (tertiary/aromatic N) is 2. The van der Waals surface area contributed by atoms with Gasteiger partial charge in [-0.2, -0.15) is 4.98 Å². The topological polar surface area (TPSA) is 53.1 Å². The second-order valence-corrected chi connectivity index (χ2v) is 3.50. The summed E-state index contributed by atoms with van der Waals surface area (Å²) in [5.74, 6) is 0.979. The molecule has 2 N–H and O–H groups in total. The van der Waals surface area contributed by atoms with E-state index in [1.165, 1.54) is 0 Å². The number of para-hydroxylation sites is 1. The third-order valence-electron chi connectivity index (χ3n) is 1.89. The van der Waals surface area contributed by atoms with Crippen molar-refractivity contribution in [1.29, 1.82) is 0 Å². The first-order valence-electron chi connectivity index (χ1n) is 4.38. The molecule has 0 spiro atoms. The second kappa shape index (κ2) is 3.82. The lowest BCUT2D eigenvalue weighted by Gasteiger charge is -2.05. The zero-order valence-electron chi connectivity index (χ0n) is 8.14. The Morgan fingerprint density at radius 3 is 2.73 bits per heavy atom. The largest absolute Gasteiger partial charge is 0.424 e. The van der Waals surface area contributed by atoms with Crippen molar-refractivity contribution in [2.45, 2.75) is 0 Å². The number of halogens is 1. The fourth-order valence-electron chi connectivity index (χ4n) is 1.19. The number of aryl methyl sites for hydroxylation is 1. The van der Waals surface area contributed by atoms with Crippen molar-refractivity contribution >= 4 is 17.4 Å². The average Bonchev–Trinajstić information content (AvgIpc) is 2.49. The van der Waals surface area contributed by atoms with Crippen molar-refractivity contribution in [1.82, 2.24) is 9.55 Å². The SMILES string of the molecule is Cn1cc(N)nc1Oc1ccccc1Cl. The van der Waals surface area contributed by atoms with Crippen LogP contribution in [-0.4, -0.2) is 9.55 Å². The van der Waals surface area contributed by atoms with E-state index in [1.807, 2.05) is 12.1 Å². The van der Waals surface area contributed by atoms with Gasteiger partial charge in [0.2, 0.25) is 0 Å². The second-order valence-electron chi connectivity index (χ2n) is 3.09. The van der Waals surface area contributed by atoms with Crippen LogP contribution < -0.4 is 10.5 Å². The molecule has 1 aromatic heterocycles. The number of benzene rings is 1. The highest BCUT2D eigenvalue weighted by molar-refractivity contribution is 6.32. The number of aromatic nitrogens is 2. The van der Waals surface area contributed by atoms with Crippen LogP contribution >= 0.6 is 11.6 Å². The molecule has 1 heterocycles. The van der Waals surface area contributed by atoms with Crippen LogP contribution in [0, 0.1) is 0 Å². The van der Waals surface area contributed by atoms with E-state index in [0.29, 0.717) is 22.6 Å². The van der Waals surface area contributed by atoms with Crippen LogP contribution in [0.1, 0.15) is 0 Å². The predicted octanol–water partition coefficient (Wildman–Crippen LogP) is 2.45. The number of imidazole rings is 1. The first-order chi connectivity index (χ1) is 7.16. The molecular formula is C10H10ClN3O. The van der Waals surface area contributed by atoms with Crippen molar-refractivity contribution in [3.05, 3.63) is 35.5 Å². The minimum absolute atomic E-state index is 0.416. The summed E-state index contributed by atoms with van der Waals surface area (Å²) >= 11 is 5.94. The number of rotatable bonds is 2. The predicted molar refractivity (Wildman–Crippen MR) is 59.1 cm³/mol. The molecule has 5 heteroatoms. The van der Waals surface area contributed by atoms with Gasteiger partial charge in [-0.15, -0.1) is 0 Å². The highest BCUT2D eigenvalue weighted by Gasteiger charge is 2.07. The van der Waals surface area contributed by atoms with Gasteiger partial charge in [0, 0.05) is 7.05 Å². The maximum atomic E-state index is 5.94. The number of ether oxygens (including phenoxy) is 1. The minimum atomic E-state index is 0.416. The molecule has 0 saturated heterocycles. The Balaban J connectivity index is 2.29. The quantitative estimate of drug-likeness (QED) is 0.851. The van der Waals surface area contributed by atoms with Crippen molar-refractivity contribution < 1.29 is 4.74 Å². The molecule has 0 unspecified atom stereocenters. The Kier molecular flexibility index (Phi) is 2.51. The summed E-state index contributed by atoms with van der Waals surface area (Å²) in [6.45, 7) is 0. The van der Waals surface area contributed by atoms with E-state index in [2.05, 4.69) is 4.98 Å². The fourth-order valence-corrected chi connectivity index (χ4v) is 1.37. The van der Waals surface area contributed by atoms with Crippen LogP contribution in [0.25, 0.3) is 0 Å². The highest BCUT2D eigenvalue weighted by atomic mass is 35.5. The Hall–Kier alpha value is -1.68. The van der Waals surface area contributed by atoms with E-state index in [1.54, 1.807) is 29.9 Å². The first kappa shape index (κ1) is 9.86. The summed E-state index contributed by atoms with van der Waals surface area (Å²) in [7, 11) is 1.80. The van der Waals surface area contributed by atoms with E-state index in [0.717, 1.165) is 0 Å². The molecule has 0 atom stereocenters. The third-order valence-corrected chi connectivity index (χ3v) is 2.20. The standard InChI is InChI=1S/C10H10ClN3O/c1-14-6-9(12)13-10(14)15-8-5-3-2-4-7(8)11/h2-6H,12H2,1H3. The molecule has 15 heavy (non-hydrogen) atoms. The Labute approximate surface area is 92.2 Å². The van der Waals surface area contributed by atoms with Crippen LogP contribution in [0.15, 0.2) is 30.5 Å². The van der Waals surface area contributed by atoms with E-state index in [9.17, 15) is 0 Å². The number of hydrogen-bond acceptors (Lipinski definition) is 3. The molecule has 0 saturated carbocycles. The molecule has 0 aliphatic heterocycles. The molecule has 0 aliphatic carbocycles. The molecule has 4 nitrogen and oxygen atoms in total. The van der Waals surface area contributed by atoms with Gasteiger partial charge >= 0.3 is 6.01 Å². The minimum Gasteiger partial charge on any atom is -0.424 e. The van der Waals surface area contributed by atoms with E-state index < -0.39 is 0 Å². The number of anilines is 1. The summed E-state index contributed by atoms with van der Waals surface area (Å²) in [5, 5.41) is 0.541. The summed E-state index contributed by atoms with van der Waals surface area (Å²) in [6.07, 6.45) is 1.67. The maximum Gasteiger partial charge on any atom is 0.303 e. The Morgan fingerprint density at radius 1 is 1.40 bits per heavy atom. The monoisotopic (exact) mass is 223 g/mol. The van der Waals surface area contributed by atoms with Gasteiger partial charge in [-0.1, -0.05) is 23.7 Å². The number of nitrogen functional groups attached to an aromatic ring is 1. The molecule has 1 aromatic carbocycles. The van der Waals surface area contributed by atoms with Gasteiger partial charge in [-0.05, 0) is 12.1 Å². The lowest BCUT2D eigenvalue weighted by Crippen LogP contribution is -1.93. The van der Waals surface area contributed by atoms with Crippen molar-refractivity contribution in [2.24, 2.45) is 7.05 Å². The molecule has 0 fully saturated rings. The van der Waals surface area contributed by atoms with Crippen LogP contribution in [0.4, 0.5) is 5.82 Å². The van der Waals surface area contributed by atoms with Crippen molar-refractivity contribution in [3.8, 4) is 11.8 Å². The van der Waals surface area contributed by atoms with Crippen LogP contribution in [0.2, 0.25) is 5.02 Å². The fraction of sp³-hybridized carbons (Fsp3) is 0.100. The van der Waals surface area contributed by atoms with E-state index in [4.69, 9.17) is 22.1 Å². The molecule has 0 radical (unpaired) electrons. The number of hydrogen-bond donors (Lipinski definition) is 1. The Morgan fingerprint density at radius 2 is 2.13 bits per heavy atom. The van der Waals surface area contributed by atoms with Crippen molar-refractivity contribution in [2.75, 3.05) is 5.73 Å². The summed E-state index contributed by atoms with van der Waals surface area (Å²) in [5.41, 5.74) is 5.53. The molecule has 78 valence electrons. The molecule has 0 aliphatic rings. The summed E-state index contributed by atoms with van der Waals surface area (Å²) in [6, 6.07) is 7.62. The van der Waals surface area contributed by atoms with Crippen molar-refractivity contribution in [3.63, 3.8) is 0 Å². The Bertz CT molecular complexity index is 481. The van der Waals surface area contributed by atoms with Crippen LogP contribution in [-0.2, 0) is 7.05 Å². The molecular weight excluding hydrogens is 214 g/mol. The molecule has 0 amide bonds. The van der Waals surface area contributed by atoms with Gasteiger partial charge < -0.3 is 15.0 Å². The van der Waals surface area contributed by atoms with E-state index >= 15 is 0 Å². The van der Waals surface area contributed by atoms with E-state index in [-0.39, 0.29) is 0 Å².